The van der Waals surface area contributed by atoms with Gasteiger partial charge < -0.3 is 5.32 Å². The molecule has 1 saturated carbocycles. The molecular weight excluding hydrogens is 162 g/mol. The van der Waals surface area contributed by atoms with Gasteiger partial charge >= 0.3 is 0 Å². The van der Waals surface area contributed by atoms with Crippen molar-refractivity contribution in [3.05, 3.63) is 18.1 Å². The van der Waals surface area contributed by atoms with Gasteiger partial charge in [0.15, 0.2) is 0 Å². The molecule has 1 aromatic heterocycles. The predicted octanol–water partition coefficient (Wildman–Crippen LogP) is 2.00. The van der Waals surface area contributed by atoms with Crippen LogP contribution in [-0.4, -0.2) is 16.5 Å². The minimum absolute atomic E-state index is 0.527. The quantitative estimate of drug-likeness (QED) is 0.767. The molecule has 0 amide bonds. The minimum atomic E-state index is 0.527. The van der Waals surface area contributed by atoms with E-state index in [0.29, 0.717) is 5.41 Å². The maximum absolute atomic E-state index is 4.28. The zero-order chi connectivity index (χ0) is 9.31. The molecule has 0 spiro atoms. The number of nitrogens with one attached hydrogen (secondary N) is 1. The Balaban J connectivity index is 1.94. The largest absolute Gasteiger partial charge is 0.369 e. The van der Waals surface area contributed by atoms with Crippen LogP contribution in [0.15, 0.2) is 12.3 Å². The van der Waals surface area contributed by atoms with Crippen LogP contribution in [0.2, 0.25) is 0 Å². The van der Waals surface area contributed by atoms with Crippen LogP contribution in [0.5, 0.6) is 0 Å². The molecule has 1 aliphatic carbocycles. The molecule has 0 aromatic carbocycles. The van der Waals surface area contributed by atoms with Gasteiger partial charge in [-0.1, -0.05) is 6.92 Å². The molecule has 0 aliphatic heterocycles. The predicted molar refractivity (Wildman–Crippen MR) is 52.6 cm³/mol. The van der Waals surface area contributed by atoms with E-state index in [2.05, 4.69) is 22.2 Å². The number of nitrogens with zero attached hydrogens (tertiary/aromatic N) is 2. The summed E-state index contributed by atoms with van der Waals surface area (Å²) in [6.45, 7) is 5.24. The fraction of sp³-hybridized carbons (Fsp3) is 0.600. The number of aryl methyl sites for hydroxylation is 1. The van der Waals surface area contributed by atoms with E-state index in [9.17, 15) is 0 Å². The zero-order valence-electron chi connectivity index (χ0n) is 8.17. The lowest BCUT2D eigenvalue weighted by atomic mass is 10.1. The minimum Gasteiger partial charge on any atom is -0.369 e. The van der Waals surface area contributed by atoms with E-state index < -0.39 is 0 Å². The number of anilines is 1. The Morgan fingerprint density at radius 1 is 1.54 bits per heavy atom. The number of hydrogen-bond acceptors (Lipinski definition) is 3. The molecule has 0 unspecified atom stereocenters. The molecule has 0 bridgehead atoms. The van der Waals surface area contributed by atoms with Crippen molar-refractivity contribution >= 4 is 5.82 Å². The molecule has 3 heteroatoms. The number of rotatable bonds is 3. The standard InChI is InChI=1S/C10H15N3/c1-8-11-6-3-9(13-8)12-7-10(2)4-5-10/h3,6H,4-5,7H2,1-2H3,(H,11,12,13). The Labute approximate surface area is 78.6 Å². The van der Waals surface area contributed by atoms with Crippen LogP contribution < -0.4 is 5.32 Å². The highest BCUT2D eigenvalue weighted by Gasteiger charge is 2.36. The molecule has 0 saturated heterocycles. The molecular formula is C10H15N3. The SMILES string of the molecule is Cc1nccc(NCC2(C)CC2)n1. The Morgan fingerprint density at radius 2 is 2.31 bits per heavy atom. The van der Waals surface area contributed by atoms with Gasteiger partial charge in [0.1, 0.15) is 11.6 Å². The Bertz CT molecular complexity index is 305. The maximum Gasteiger partial charge on any atom is 0.129 e. The van der Waals surface area contributed by atoms with Crippen LogP contribution in [-0.2, 0) is 0 Å². The molecule has 70 valence electrons. The third kappa shape index (κ3) is 2.17. The molecule has 0 atom stereocenters. The first kappa shape index (κ1) is 8.48. The highest BCUT2D eigenvalue weighted by molar-refractivity contribution is 5.33. The number of hydrogen-bond donors (Lipinski definition) is 1. The second kappa shape index (κ2) is 2.98. The van der Waals surface area contributed by atoms with E-state index in [-0.39, 0.29) is 0 Å². The van der Waals surface area contributed by atoms with Gasteiger partial charge in [0.2, 0.25) is 0 Å². The molecule has 1 aromatic rings. The van der Waals surface area contributed by atoms with Gasteiger partial charge in [-0.15, -0.1) is 0 Å². The fourth-order valence-electron chi connectivity index (χ4n) is 1.25. The van der Waals surface area contributed by atoms with Crippen LogP contribution >= 0.6 is 0 Å². The summed E-state index contributed by atoms with van der Waals surface area (Å²) >= 11 is 0. The molecule has 1 N–H and O–H groups in total. The van der Waals surface area contributed by atoms with E-state index >= 15 is 0 Å². The van der Waals surface area contributed by atoms with E-state index in [1.54, 1.807) is 6.20 Å². The first-order valence-corrected chi connectivity index (χ1v) is 4.72. The van der Waals surface area contributed by atoms with Crippen LogP contribution in [0.25, 0.3) is 0 Å². The third-order valence-corrected chi connectivity index (χ3v) is 2.58. The normalized spacial score (nSPS) is 18.3. The van der Waals surface area contributed by atoms with Crippen molar-refractivity contribution in [2.45, 2.75) is 26.7 Å². The summed E-state index contributed by atoms with van der Waals surface area (Å²) in [7, 11) is 0. The summed E-state index contributed by atoms with van der Waals surface area (Å²) in [6, 6.07) is 1.92. The van der Waals surface area contributed by atoms with Crippen molar-refractivity contribution in [2.24, 2.45) is 5.41 Å². The van der Waals surface area contributed by atoms with Crippen molar-refractivity contribution in [2.75, 3.05) is 11.9 Å². The summed E-state index contributed by atoms with van der Waals surface area (Å²) in [4.78, 5) is 8.33. The summed E-state index contributed by atoms with van der Waals surface area (Å²) in [5.41, 5.74) is 0.527. The fourth-order valence-corrected chi connectivity index (χ4v) is 1.25. The maximum atomic E-state index is 4.28. The van der Waals surface area contributed by atoms with Gasteiger partial charge in [-0.25, -0.2) is 9.97 Å². The highest BCUT2D eigenvalue weighted by atomic mass is 15.0. The topological polar surface area (TPSA) is 37.8 Å². The lowest BCUT2D eigenvalue weighted by Gasteiger charge is -2.10. The van der Waals surface area contributed by atoms with E-state index in [4.69, 9.17) is 0 Å². The average Bonchev–Trinajstić information content (AvgIpc) is 2.82. The smallest absolute Gasteiger partial charge is 0.129 e. The van der Waals surface area contributed by atoms with Crippen LogP contribution in [0.3, 0.4) is 0 Å². The van der Waals surface area contributed by atoms with Crippen molar-refractivity contribution in [1.29, 1.82) is 0 Å². The van der Waals surface area contributed by atoms with Crippen LogP contribution in [0.4, 0.5) is 5.82 Å². The summed E-state index contributed by atoms with van der Waals surface area (Å²) in [5.74, 6) is 1.77. The van der Waals surface area contributed by atoms with E-state index in [1.807, 2.05) is 13.0 Å². The first-order chi connectivity index (χ1) is 6.18. The summed E-state index contributed by atoms with van der Waals surface area (Å²) in [5, 5.41) is 3.34. The lowest BCUT2D eigenvalue weighted by Crippen LogP contribution is -2.12. The van der Waals surface area contributed by atoms with Gasteiger partial charge in [-0.2, -0.15) is 0 Å². The van der Waals surface area contributed by atoms with Crippen LogP contribution in [0, 0.1) is 12.3 Å². The third-order valence-electron chi connectivity index (χ3n) is 2.58. The Morgan fingerprint density at radius 3 is 2.92 bits per heavy atom. The van der Waals surface area contributed by atoms with Gasteiger partial charge in [0.05, 0.1) is 0 Å². The van der Waals surface area contributed by atoms with Crippen molar-refractivity contribution in [3.63, 3.8) is 0 Å². The highest BCUT2D eigenvalue weighted by Crippen LogP contribution is 2.44. The van der Waals surface area contributed by atoms with Gasteiger partial charge in [0.25, 0.3) is 0 Å². The van der Waals surface area contributed by atoms with Gasteiger partial charge in [-0.05, 0) is 31.2 Å². The van der Waals surface area contributed by atoms with E-state index in [0.717, 1.165) is 18.2 Å². The molecule has 3 nitrogen and oxygen atoms in total. The lowest BCUT2D eigenvalue weighted by molar-refractivity contribution is 0.609. The Hall–Kier alpha value is -1.12. The molecule has 0 radical (unpaired) electrons. The van der Waals surface area contributed by atoms with Crippen molar-refractivity contribution in [3.8, 4) is 0 Å². The van der Waals surface area contributed by atoms with Gasteiger partial charge in [-0.3, -0.25) is 0 Å². The Kier molecular flexibility index (Phi) is 1.94. The van der Waals surface area contributed by atoms with Crippen molar-refractivity contribution < 1.29 is 0 Å². The average molecular weight is 177 g/mol. The van der Waals surface area contributed by atoms with E-state index in [1.165, 1.54) is 12.8 Å². The summed E-state index contributed by atoms with van der Waals surface area (Å²) < 4.78 is 0. The molecule has 2 rings (SSSR count). The monoisotopic (exact) mass is 177 g/mol. The second-order valence-electron chi connectivity index (χ2n) is 4.15. The second-order valence-corrected chi connectivity index (χ2v) is 4.15. The molecule has 1 heterocycles. The zero-order valence-corrected chi connectivity index (χ0v) is 8.17. The first-order valence-electron chi connectivity index (χ1n) is 4.72. The molecule has 1 aliphatic rings. The summed E-state index contributed by atoms with van der Waals surface area (Å²) in [6.07, 6.45) is 4.47. The van der Waals surface area contributed by atoms with Crippen LogP contribution in [0.1, 0.15) is 25.6 Å². The molecule has 1 fully saturated rings. The number of aromatic nitrogens is 2. The van der Waals surface area contributed by atoms with Crippen molar-refractivity contribution in [1.82, 2.24) is 9.97 Å². The van der Waals surface area contributed by atoms with Gasteiger partial charge in [0, 0.05) is 12.7 Å². The molecule has 13 heavy (non-hydrogen) atoms.